The highest BCUT2D eigenvalue weighted by Crippen LogP contribution is 2.22. The standard InChI is InChI=1S/C15H22N2O2/c16-15(19)14(11-7-9-13(18)10-8-11)17-12-5-3-1-2-4-6-12/h7-10,12,14,17-18H,1-6H2,(H2,16,19). The lowest BCUT2D eigenvalue weighted by Crippen LogP contribution is -2.39. The van der Waals surface area contributed by atoms with Crippen LogP contribution in [0.5, 0.6) is 5.75 Å². The SMILES string of the molecule is NC(=O)C(NC1CCCCCC1)c1ccc(O)cc1. The van der Waals surface area contributed by atoms with Gasteiger partial charge in [0.1, 0.15) is 11.8 Å². The van der Waals surface area contributed by atoms with Crippen molar-refractivity contribution in [3.05, 3.63) is 29.8 Å². The van der Waals surface area contributed by atoms with Gasteiger partial charge in [0.15, 0.2) is 0 Å². The monoisotopic (exact) mass is 262 g/mol. The molecule has 1 aromatic carbocycles. The van der Waals surface area contributed by atoms with Gasteiger partial charge in [-0.25, -0.2) is 0 Å². The van der Waals surface area contributed by atoms with Gasteiger partial charge in [-0.15, -0.1) is 0 Å². The minimum absolute atomic E-state index is 0.196. The molecular formula is C15H22N2O2. The van der Waals surface area contributed by atoms with Gasteiger partial charge in [-0.1, -0.05) is 37.8 Å². The molecule has 4 nitrogen and oxygen atoms in total. The first-order valence-electron chi connectivity index (χ1n) is 7.01. The van der Waals surface area contributed by atoms with Crippen LogP contribution in [0.2, 0.25) is 0 Å². The Kier molecular flexibility index (Phi) is 4.80. The third kappa shape index (κ3) is 3.96. The van der Waals surface area contributed by atoms with Crippen LogP contribution in [-0.2, 0) is 4.79 Å². The molecule has 1 fully saturated rings. The molecule has 1 amide bonds. The summed E-state index contributed by atoms with van der Waals surface area (Å²) in [4.78, 5) is 11.6. The van der Waals surface area contributed by atoms with Crippen molar-refractivity contribution in [1.82, 2.24) is 5.32 Å². The lowest BCUT2D eigenvalue weighted by molar-refractivity contribution is -0.120. The number of aromatic hydroxyl groups is 1. The molecule has 4 heteroatoms. The predicted octanol–water partition coefficient (Wildman–Crippen LogP) is 2.23. The largest absolute Gasteiger partial charge is 0.508 e. The number of nitrogens with one attached hydrogen (secondary N) is 1. The van der Waals surface area contributed by atoms with Crippen molar-refractivity contribution in [3.63, 3.8) is 0 Å². The fraction of sp³-hybridized carbons (Fsp3) is 0.533. The molecule has 1 unspecified atom stereocenters. The zero-order valence-corrected chi connectivity index (χ0v) is 11.1. The minimum atomic E-state index is -0.469. The Labute approximate surface area is 114 Å². The van der Waals surface area contributed by atoms with E-state index in [1.807, 2.05) is 0 Å². The van der Waals surface area contributed by atoms with E-state index >= 15 is 0 Å². The van der Waals surface area contributed by atoms with Crippen molar-refractivity contribution in [2.75, 3.05) is 0 Å². The zero-order valence-electron chi connectivity index (χ0n) is 11.1. The Balaban J connectivity index is 2.07. The number of phenolic OH excluding ortho intramolecular Hbond substituents is 1. The molecule has 0 aromatic heterocycles. The lowest BCUT2D eigenvalue weighted by Gasteiger charge is -2.23. The Bertz CT molecular complexity index is 409. The van der Waals surface area contributed by atoms with E-state index in [0.29, 0.717) is 6.04 Å². The highest BCUT2D eigenvalue weighted by molar-refractivity contribution is 5.81. The van der Waals surface area contributed by atoms with Gasteiger partial charge < -0.3 is 10.8 Å². The predicted molar refractivity (Wildman–Crippen MR) is 74.7 cm³/mol. The van der Waals surface area contributed by atoms with E-state index in [1.54, 1.807) is 24.3 Å². The highest BCUT2D eigenvalue weighted by atomic mass is 16.3. The summed E-state index contributed by atoms with van der Waals surface area (Å²) in [5.74, 6) is -0.170. The molecule has 2 rings (SSSR count). The third-order valence-corrected chi connectivity index (χ3v) is 3.77. The second-order valence-corrected chi connectivity index (χ2v) is 5.28. The van der Waals surface area contributed by atoms with E-state index in [2.05, 4.69) is 5.32 Å². The van der Waals surface area contributed by atoms with Crippen molar-refractivity contribution in [2.45, 2.75) is 50.6 Å². The second-order valence-electron chi connectivity index (χ2n) is 5.28. The summed E-state index contributed by atoms with van der Waals surface area (Å²) < 4.78 is 0. The smallest absolute Gasteiger partial charge is 0.239 e. The summed E-state index contributed by atoms with van der Waals surface area (Å²) in [5.41, 5.74) is 6.31. The van der Waals surface area contributed by atoms with Crippen LogP contribution < -0.4 is 11.1 Å². The Morgan fingerprint density at radius 1 is 1.16 bits per heavy atom. The molecule has 4 N–H and O–H groups in total. The summed E-state index contributed by atoms with van der Waals surface area (Å²) >= 11 is 0. The van der Waals surface area contributed by atoms with Gasteiger partial charge in [-0.2, -0.15) is 0 Å². The number of carbonyl (C=O) groups is 1. The first-order valence-corrected chi connectivity index (χ1v) is 7.01. The maximum atomic E-state index is 11.6. The molecule has 104 valence electrons. The summed E-state index contributed by atoms with van der Waals surface area (Å²) in [6.07, 6.45) is 7.17. The fourth-order valence-electron chi connectivity index (χ4n) is 2.69. The van der Waals surface area contributed by atoms with Crippen molar-refractivity contribution in [3.8, 4) is 5.75 Å². The summed E-state index contributed by atoms with van der Waals surface area (Å²) in [5, 5.41) is 12.7. The summed E-state index contributed by atoms with van der Waals surface area (Å²) in [6, 6.07) is 6.54. The van der Waals surface area contributed by atoms with Crippen molar-refractivity contribution in [2.24, 2.45) is 5.73 Å². The molecule has 0 heterocycles. The number of phenols is 1. The zero-order chi connectivity index (χ0) is 13.7. The molecule has 0 aliphatic heterocycles. The quantitative estimate of drug-likeness (QED) is 0.728. The highest BCUT2D eigenvalue weighted by Gasteiger charge is 2.22. The number of amides is 1. The number of rotatable bonds is 4. The molecule has 0 bridgehead atoms. The number of nitrogens with two attached hydrogens (primary N) is 1. The number of hydrogen-bond acceptors (Lipinski definition) is 3. The molecule has 0 spiro atoms. The average Bonchev–Trinajstić information content (AvgIpc) is 2.65. The topological polar surface area (TPSA) is 75.4 Å². The molecule has 0 saturated heterocycles. The normalized spacial score (nSPS) is 18.7. The van der Waals surface area contributed by atoms with Crippen LogP contribution in [0.15, 0.2) is 24.3 Å². The third-order valence-electron chi connectivity index (χ3n) is 3.77. The van der Waals surface area contributed by atoms with Crippen molar-refractivity contribution in [1.29, 1.82) is 0 Å². The van der Waals surface area contributed by atoms with E-state index in [9.17, 15) is 9.90 Å². The average molecular weight is 262 g/mol. The van der Waals surface area contributed by atoms with Gasteiger partial charge in [0.25, 0.3) is 0 Å². The lowest BCUT2D eigenvalue weighted by atomic mass is 10.0. The molecule has 1 aliphatic rings. The maximum absolute atomic E-state index is 11.6. The number of hydrogen-bond donors (Lipinski definition) is 3. The van der Waals surface area contributed by atoms with Gasteiger partial charge in [-0.3, -0.25) is 10.1 Å². The molecular weight excluding hydrogens is 240 g/mol. The van der Waals surface area contributed by atoms with Crippen LogP contribution in [0.25, 0.3) is 0 Å². The number of benzene rings is 1. The molecule has 19 heavy (non-hydrogen) atoms. The van der Waals surface area contributed by atoms with E-state index in [1.165, 1.54) is 25.7 Å². The molecule has 1 aromatic rings. The van der Waals surface area contributed by atoms with E-state index < -0.39 is 6.04 Å². The Morgan fingerprint density at radius 3 is 2.26 bits per heavy atom. The van der Waals surface area contributed by atoms with Crippen molar-refractivity contribution < 1.29 is 9.90 Å². The Hall–Kier alpha value is -1.55. The number of primary amides is 1. The number of carbonyl (C=O) groups excluding carboxylic acids is 1. The first kappa shape index (κ1) is 13.9. The summed E-state index contributed by atoms with van der Waals surface area (Å²) in [7, 11) is 0. The molecule has 1 aliphatic carbocycles. The first-order chi connectivity index (χ1) is 9.16. The molecule has 0 radical (unpaired) electrons. The van der Waals surface area contributed by atoms with E-state index in [0.717, 1.165) is 18.4 Å². The van der Waals surface area contributed by atoms with Gasteiger partial charge in [-0.05, 0) is 30.5 Å². The molecule has 1 atom stereocenters. The van der Waals surface area contributed by atoms with Crippen LogP contribution in [0.1, 0.15) is 50.1 Å². The fourth-order valence-corrected chi connectivity index (χ4v) is 2.69. The second kappa shape index (κ2) is 6.57. The van der Waals surface area contributed by atoms with Crippen LogP contribution in [0.3, 0.4) is 0 Å². The minimum Gasteiger partial charge on any atom is -0.508 e. The van der Waals surface area contributed by atoms with Gasteiger partial charge in [0.2, 0.25) is 5.91 Å². The van der Waals surface area contributed by atoms with E-state index in [-0.39, 0.29) is 11.7 Å². The van der Waals surface area contributed by atoms with Gasteiger partial charge >= 0.3 is 0 Å². The van der Waals surface area contributed by atoms with Crippen LogP contribution in [0.4, 0.5) is 0 Å². The van der Waals surface area contributed by atoms with Crippen molar-refractivity contribution >= 4 is 5.91 Å². The van der Waals surface area contributed by atoms with Crippen LogP contribution >= 0.6 is 0 Å². The van der Waals surface area contributed by atoms with Crippen LogP contribution in [0, 0.1) is 0 Å². The maximum Gasteiger partial charge on any atom is 0.239 e. The summed E-state index contributed by atoms with van der Waals surface area (Å²) in [6.45, 7) is 0. The van der Waals surface area contributed by atoms with Gasteiger partial charge in [0, 0.05) is 6.04 Å². The molecule has 1 saturated carbocycles. The Morgan fingerprint density at radius 2 is 1.74 bits per heavy atom. The van der Waals surface area contributed by atoms with E-state index in [4.69, 9.17) is 5.73 Å². The van der Waals surface area contributed by atoms with Crippen LogP contribution in [-0.4, -0.2) is 17.1 Å². The van der Waals surface area contributed by atoms with Gasteiger partial charge in [0.05, 0.1) is 0 Å².